The van der Waals surface area contributed by atoms with Crippen LogP contribution >= 0.6 is 0 Å². The normalized spacial score (nSPS) is 14.4. The summed E-state index contributed by atoms with van der Waals surface area (Å²) in [5.74, 6) is 0.0700. The van der Waals surface area contributed by atoms with Gasteiger partial charge < -0.3 is 15.5 Å². The van der Waals surface area contributed by atoms with E-state index in [1.807, 2.05) is 13.8 Å². The van der Waals surface area contributed by atoms with Crippen LogP contribution in [0.5, 0.6) is 5.75 Å². The van der Waals surface area contributed by atoms with Gasteiger partial charge in [0, 0.05) is 22.7 Å². The SMILES string of the molecule is CC(C)C[C@](C)(N)COc1ccc(-c2ncnc3[nH]ccc23)cc1C(F)(F)F. The van der Waals surface area contributed by atoms with Crippen molar-refractivity contribution in [3.8, 4) is 17.0 Å². The third-order valence-electron chi connectivity index (χ3n) is 4.34. The number of H-pyrrole nitrogens is 1. The molecule has 0 bridgehead atoms. The van der Waals surface area contributed by atoms with Gasteiger partial charge in [0.05, 0.1) is 11.3 Å². The molecular weight excluding hydrogens is 369 g/mol. The number of hydrogen-bond acceptors (Lipinski definition) is 4. The van der Waals surface area contributed by atoms with Crippen molar-refractivity contribution in [2.75, 3.05) is 6.61 Å². The molecule has 0 spiro atoms. The molecule has 0 aliphatic rings. The van der Waals surface area contributed by atoms with Crippen molar-refractivity contribution in [2.24, 2.45) is 11.7 Å². The topological polar surface area (TPSA) is 76.8 Å². The molecule has 1 atom stereocenters. The molecule has 0 amide bonds. The molecule has 2 heterocycles. The molecule has 3 rings (SSSR count). The maximum absolute atomic E-state index is 13.7. The third kappa shape index (κ3) is 4.44. The van der Waals surface area contributed by atoms with Crippen molar-refractivity contribution in [1.82, 2.24) is 15.0 Å². The standard InChI is InChI=1S/C20H23F3N4O/c1-12(2)9-19(3,24)10-28-16-5-4-13(8-15(16)20(21,22)23)17-14-6-7-25-18(14)27-11-26-17/h4-8,11-12H,9-10,24H2,1-3H3,(H,25,26,27)/t19-/m0/s1. The summed E-state index contributed by atoms with van der Waals surface area (Å²) >= 11 is 0. The molecule has 28 heavy (non-hydrogen) atoms. The number of halogens is 3. The summed E-state index contributed by atoms with van der Waals surface area (Å²) in [5, 5.41) is 0.649. The van der Waals surface area contributed by atoms with Crippen LogP contribution in [0.15, 0.2) is 36.8 Å². The molecule has 8 heteroatoms. The summed E-state index contributed by atoms with van der Waals surface area (Å²) in [7, 11) is 0. The number of hydrogen-bond donors (Lipinski definition) is 2. The lowest BCUT2D eigenvalue weighted by molar-refractivity contribution is -0.139. The van der Waals surface area contributed by atoms with Crippen LogP contribution in [0.4, 0.5) is 13.2 Å². The van der Waals surface area contributed by atoms with Gasteiger partial charge in [0.25, 0.3) is 0 Å². The van der Waals surface area contributed by atoms with Gasteiger partial charge in [0.15, 0.2) is 0 Å². The summed E-state index contributed by atoms with van der Waals surface area (Å²) < 4.78 is 46.5. The van der Waals surface area contributed by atoms with Crippen molar-refractivity contribution in [2.45, 2.75) is 38.9 Å². The Morgan fingerprint density at radius 1 is 1.18 bits per heavy atom. The Kier molecular flexibility index (Phi) is 5.34. The van der Waals surface area contributed by atoms with E-state index in [2.05, 4.69) is 15.0 Å². The summed E-state index contributed by atoms with van der Waals surface area (Å²) in [6.45, 7) is 5.77. The van der Waals surface area contributed by atoms with E-state index in [-0.39, 0.29) is 12.4 Å². The van der Waals surface area contributed by atoms with Crippen LogP contribution in [0.3, 0.4) is 0 Å². The van der Waals surface area contributed by atoms with Crippen molar-refractivity contribution in [3.63, 3.8) is 0 Å². The number of rotatable bonds is 6. The van der Waals surface area contributed by atoms with E-state index in [1.165, 1.54) is 12.4 Å². The van der Waals surface area contributed by atoms with E-state index < -0.39 is 17.3 Å². The maximum Gasteiger partial charge on any atom is 0.419 e. The smallest absolute Gasteiger partial charge is 0.419 e. The fourth-order valence-corrected chi connectivity index (χ4v) is 3.36. The molecule has 2 aromatic heterocycles. The second kappa shape index (κ2) is 7.43. The van der Waals surface area contributed by atoms with E-state index in [0.29, 0.717) is 34.6 Å². The summed E-state index contributed by atoms with van der Waals surface area (Å²) in [6.07, 6.45) is -0.947. The number of aromatic amines is 1. The maximum atomic E-state index is 13.7. The van der Waals surface area contributed by atoms with Gasteiger partial charge in [-0.1, -0.05) is 13.8 Å². The van der Waals surface area contributed by atoms with Crippen molar-refractivity contribution >= 4 is 11.0 Å². The minimum absolute atomic E-state index is 0.0107. The van der Waals surface area contributed by atoms with Gasteiger partial charge in [-0.05, 0) is 43.5 Å². The highest BCUT2D eigenvalue weighted by atomic mass is 19.4. The Morgan fingerprint density at radius 3 is 2.61 bits per heavy atom. The second-order valence-corrected chi connectivity index (χ2v) is 7.71. The van der Waals surface area contributed by atoms with E-state index in [0.717, 1.165) is 6.07 Å². The zero-order valence-corrected chi connectivity index (χ0v) is 16.0. The first-order valence-electron chi connectivity index (χ1n) is 8.98. The fraction of sp³-hybridized carbons (Fsp3) is 0.400. The Morgan fingerprint density at radius 2 is 1.93 bits per heavy atom. The highest BCUT2D eigenvalue weighted by molar-refractivity contribution is 5.90. The molecule has 3 aromatic rings. The molecule has 0 aliphatic heterocycles. The fourth-order valence-electron chi connectivity index (χ4n) is 3.36. The minimum Gasteiger partial charge on any atom is -0.491 e. The first kappa shape index (κ1) is 20.1. The predicted octanol–water partition coefficient (Wildman–Crippen LogP) is 4.79. The van der Waals surface area contributed by atoms with Crippen molar-refractivity contribution in [3.05, 3.63) is 42.4 Å². The molecule has 0 aliphatic carbocycles. The molecular formula is C20H23F3N4O. The molecule has 3 N–H and O–H groups in total. The van der Waals surface area contributed by atoms with Crippen LogP contribution in [0.1, 0.15) is 32.8 Å². The van der Waals surface area contributed by atoms with E-state index in [9.17, 15) is 13.2 Å². The van der Waals surface area contributed by atoms with Gasteiger partial charge in [0.1, 0.15) is 24.3 Å². The summed E-state index contributed by atoms with van der Waals surface area (Å²) in [5.41, 5.74) is 5.91. The minimum atomic E-state index is -4.57. The van der Waals surface area contributed by atoms with Crippen molar-refractivity contribution < 1.29 is 17.9 Å². The van der Waals surface area contributed by atoms with Crippen LogP contribution in [0, 0.1) is 5.92 Å². The number of nitrogens with two attached hydrogens (primary N) is 1. The van der Waals surface area contributed by atoms with Crippen LogP contribution in [0.2, 0.25) is 0 Å². The van der Waals surface area contributed by atoms with Gasteiger partial charge in [-0.25, -0.2) is 9.97 Å². The largest absolute Gasteiger partial charge is 0.491 e. The number of fused-ring (bicyclic) bond motifs is 1. The van der Waals surface area contributed by atoms with Crippen LogP contribution in [-0.4, -0.2) is 27.1 Å². The summed E-state index contributed by atoms with van der Waals surface area (Å²) in [6, 6.07) is 5.67. The van der Waals surface area contributed by atoms with Crippen LogP contribution < -0.4 is 10.5 Å². The lowest BCUT2D eigenvalue weighted by atomic mass is 9.93. The lowest BCUT2D eigenvalue weighted by Gasteiger charge is -2.27. The Bertz CT molecular complexity index is 963. The van der Waals surface area contributed by atoms with Gasteiger partial charge in [-0.15, -0.1) is 0 Å². The van der Waals surface area contributed by atoms with E-state index in [4.69, 9.17) is 10.5 Å². The predicted molar refractivity (Wildman–Crippen MR) is 102 cm³/mol. The molecule has 0 unspecified atom stereocenters. The lowest BCUT2D eigenvalue weighted by Crippen LogP contribution is -2.43. The average Bonchev–Trinajstić information content (AvgIpc) is 3.06. The zero-order chi connectivity index (χ0) is 20.5. The highest BCUT2D eigenvalue weighted by Crippen LogP contribution is 2.39. The first-order chi connectivity index (χ1) is 13.1. The zero-order valence-electron chi connectivity index (χ0n) is 16.0. The molecule has 5 nitrogen and oxygen atoms in total. The van der Waals surface area contributed by atoms with Crippen molar-refractivity contribution in [1.29, 1.82) is 0 Å². The van der Waals surface area contributed by atoms with Gasteiger partial charge in [-0.3, -0.25) is 0 Å². The molecule has 0 saturated carbocycles. The monoisotopic (exact) mass is 392 g/mol. The third-order valence-corrected chi connectivity index (χ3v) is 4.34. The molecule has 0 radical (unpaired) electrons. The van der Waals surface area contributed by atoms with Gasteiger partial charge in [-0.2, -0.15) is 13.2 Å². The van der Waals surface area contributed by atoms with Crippen LogP contribution in [0.25, 0.3) is 22.3 Å². The average molecular weight is 392 g/mol. The van der Waals surface area contributed by atoms with E-state index >= 15 is 0 Å². The molecule has 0 fully saturated rings. The number of benzene rings is 1. The number of nitrogens with one attached hydrogen (secondary N) is 1. The Balaban J connectivity index is 1.96. The Hall–Kier alpha value is -2.61. The molecule has 150 valence electrons. The number of aromatic nitrogens is 3. The molecule has 1 aromatic carbocycles. The number of ether oxygens (including phenoxy) is 1. The summed E-state index contributed by atoms with van der Waals surface area (Å²) in [4.78, 5) is 11.2. The number of alkyl halides is 3. The first-order valence-corrected chi connectivity index (χ1v) is 8.98. The quantitative estimate of drug-likeness (QED) is 0.633. The van der Waals surface area contributed by atoms with Gasteiger partial charge >= 0.3 is 6.18 Å². The molecule has 0 saturated heterocycles. The van der Waals surface area contributed by atoms with E-state index in [1.54, 1.807) is 25.3 Å². The van der Waals surface area contributed by atoms with Crippen LogP contribution in [-0.2, 0) is 6.18 Å². The van der Waals surface area contributed by atoms with Gasteiger partial charge in [0.2, 0.25) is 0 Å². The Labute approximate surface area is 161 Å². The highest BCUT2D eigenvalue weighted by Gasteiger charge is 2.35. The second-order valence-electron chi connectivity index (χ2n) is 7.71. The number of nitrogens with zero attached hydrogens (tertiary/aromatic N) is 2.